The molecule has 0 aliphatic heterocycles. The van der Waals surface area contributed by atoms with Crippen molar-refractivity contribution >= 4 is 39.5 Å². The Morgan fingerprint density at radius 1 is 0.279 bits per heavy atom. The van der Waals surface area contributed by atoms with Crippen LogP contribution in [0.2, 0.25) is 0 Å². The average molecular weight is 1500 g/mol. The minimum atomic E-state index is -4.99. The summed E-state index contributed by atoms with van der Waals surface area (Å²) in [4.78, 5) is 73.1. The molecule has 0 aliphatic rings. The molecule has 104 heavy (non-hydrogen) atoms. The molecule has 0 bridgehead atoms. The van der Waals surface area contributed by atoms with Crippen LogP contribution in [0.15, 0.2) is 134 Å². The zero-order valence-electron chi connectivity index (χ0n) is 65.2. The average Bonchev–Trinajstić information content (AvgIpc) is 0.917. The molecule has 0 amide bonds. The highest BCUT2D eigenvalue weighted by Gasteiger charge is 2.30. The molecule has 19 heteroatoms. The Hall–Kier alpha value is -4.80. The summed E-state index contributed by atoms with van der Waals surface area (Å²) in [5.41, 5.74) is 0. The Bertz CT molecular complexity index is 2490. The van der Waals surface area contributed by atoms with Gasteiger partial charge in [0.1, 0.15) is 19.3 Å². The molecule has 0 aromatic heterocycles. The normalized spacial score (nSPS) is 14.6. The number of allylic oxidation sites excluding steroid dienone is 22. The van der Waals surface area contributed by atoms with Crippen molar-refractivity contribution in [3.63, 3.8) is 0 Å². The van der Waals surface area contributed by atoms with Gasteiger partial charge in [-0.05, 0) is 161 Å². The van der Waals surface area contributed by atoms with E-state index in [-0.39, 0.29) is 25.7 Å². The Kier molecular flexibility index (Phi) is 72.9. The molecule has 0 aromatic rings. The van der Waals surface area contributed by atoms with E-state index < -0.39 is 97.5 Å². The van der Waals surface area contributed by atoms with Crippen LogP contribution >= 0.6 is 15.6 Å². The lowest BCUT2D eigenvalue weighted by atomic mass is 10.1. The fourth-order valence-electron chi connectivity index (χ4n) is 10.5. The van der Waals surface area contributed by atoms with E-state index in [4.69, 9.17) is 37.0 Å². The molecule has 0 aliphatic carbocycles. The van der Waals surface area contributed by atoms with Gasteiger partial charge >= 0.3 is 39.5 Å². The first-order valence-corrected chi connectivity index (χ1v) is 43.4. The lowest BCUT2D eigenvalue weighted by molar-refractivity contribution is -0.161. The number of aliphatic hydroxyl groups excluding tert-OH is 1. The summed E-state index contributed by atoms with van der Waals surface area (Å²) in [6.07, 6.45) is 85.6. The second-order valence-electron chi connectivity index (χ2n) is 26.6. The zero-order chi connectivity index (χ0) is 76.0. The predicted molar refractivity (Wildman–Crippen MR) is 427 cm³/mol. The molecule has 17 nitrogen and oxygen atoms in total. The van der Waals surface area contributed by atoms with Gasteiger partial charge in [0, 0.05) is 25.7 Å². The van der Waals surface area contributed by atoms with Gasteiger partial charge < -0.3 is 33.8 Å². The first kappa shape index (κ1) is 99.2. The van der Waals surface area contributed by atoms with Crippen LogP contribution in [0.5, 0.6) is 0 Å². The lowest BCUT2D eigenvalue weighted by Crippen LogP contribution is -2.30. The molecule has 0 fully saturated rings. The number of ether oxygens (including phenoxy) is 4. The van der Waals surface area contributed by atoms with Gasteiger partial charge in [0.05, 0.1) is 26.4 Å². The molecular weight excluding hydrogens is 1350 g/mol. The van der Waals surface area contributed by atoms with Gasteiger partial charge in [-0.25, -0.2) is 9.13 Å². The summed E-state index contributed by atoms with van der Waals surface area (Å²) in [5, 5.41) is 10.6. The third kappa shape index (κ3) is 75.4. The smallest absolute Gasteiger partial charge is 0.462 e. The van der Waals surface area contributed by atoms with Gasteiger partial charge in [0.2, 0.25) is 0 Å². The second-order valence-corrected chi connectivity index (χ2v) is 29.5. The van der Waals surface area contributed by atoms with Crippen molar-refractivity contribution in [2.45, 2.75) is 341 Å². The summed E-state index contributed by atoms with van der Waals surface area (Å²) in [5.74, 6) is -2.24. The van der Waals surface area contributed by atoms with Crippen molar-refractivity contribution in [2.24, 2.45) is 0 Å². The van der Waals surface area contributed by atoms with E-state index in [2.05, 4.69) is 161 Å². The maximum absolute atomic E-state index is 13.1. The Labute approximate surface area is 631 Å². The van der Waals surface area contributed by atoms with Crippen molar-refractivity contribution in [3.05, 3.63) is 134 Å². The van der Waals surface area contributed by atoms with E-state index in [1.165, 1.54) is 44.9 Å². The van der Waals surface area contributed by atoms with Crippen molar-refractivity contribution in [1.82, 2.24) is 0 Å². The van der Waals surface area contributed by atoms with Gasteiger partial charge in [-0.15, -0.1) is 0 Å². The number of unbranched alkanes of at least 4 members (excludes halogenated alkanes) is 27. The number of aliphatic hydroxyl groups is 1. The SMILES string of the molecule is CC/C=C\C/C=C\C/C=C\C/C=C\CCCCCCC(=O)OC(COC(=O)CCCCCCCC/C=C\C/C=C\C/C=C\CCCCC)COP(=O)(O)OCC(O)COP(=O)(O)OCC(COC(=O)CCCCCCC/C=C\C/C=C\C/C=C\CC)OC(=O)CCCCCCC/C=C\CCCCCC. The fourth-order valence-corrected chi connectivity index (χ4v) is 12.0. The highest BCUT2D eigenvalue weighted by Crippen LogP contribution is 2.45. The monoisotopic (exact) mass is 1500 g/mol. The van der Waals surface area contributed by atoms with Gasteiger partial charge in [0.15, 0.2) is 12.2 Å². The van der Waals surface area contributed by atoms with Crippen LogP contribution in [0.25, 0.3) is 0 Å². The standard InChI is InChI=1S/C85H144O17P2/c1-5-9-13-17-21-25-29-33-36-38-39-41-43-47-50-54-58-62-66-70-83(88)96-76-81(102-85(90)72-68-64-60-56-52-48-44-40-37-34-30-26-22-18-14-10-6-2)78-100-104(93,94)98-74-79(86)73-97-103(91,92)99-77-80(101-84(89)71-67-63-59-55-51-45-32-28-24-20-16-12-8-4)75-95-82(87)69-65-61-57-53-49-46-42-35-31-27-23-19-15-11-7-3/h10-11,14-15,21-23,25-28,32-37,39,41-42,44,48,79-81,86H,5-9,12-13,16-20,24,29-31,38,40,43,45-47,49-78H2,1-4H3,(H,91,92)(H,93,94)/b14-10-,15-11-,25-21-,26-22-,27-23-,32-28-,36-33-,37-34-,41-39-,42-35-,48-44-. The maximum atomic E-state index is 13.1. The summed E-state index contributed by atoms with van der Waals surface area (Å²) >= 11 is 0. The van der Waals surface area contributed by atoms with Crippen LogP contribution in [0, 0.1) is 0 Å². The minimum absolute atomic E-state index is 0.0605. The predicted octanol–water partition coefficient (Wildman–Crippen LogP) is 23.7. The van der Waals surface area contributed by atoms with E-state index in [0.29, 0.717) is 25.7 Å². The van der Waals surface area contributed by atoms with Crippen LogP contribution in [0.4, 0.5) is 0 Å². The Morgan fingerprint density at radius 2 is 0.500 bits per heavy atom. The number of carbonyl (C=O) groups excluding carboxylic acids is 4. The third-order valence-electron chi connectivity index (χ3n) is 16.6. The van der Waals surface area contributed by atoms with E-state index in [0.717, 1.165) is 199 Å². The number of carbonyl (C=O) groups is 4. The van der Waals surface area contributed by atoms with Crippen LogP contribution in [0.1, 0.15) is 323 Å². The molecule has 0 radical (unpaired) electrons. The quantitative estimate of drug-likeness (QED) is 0.0169. The second kappa shape index (κ2) is 76.4. The van der Waals surface area contributed by atoms with E-state index in [1.54, 1.807) is 0 Å². The Morgan fingerprint density at radius 3 is 0.798 bits per heavy atom. The Balaban J connectivity index is 5.41. The molecule has 5 atom stereocenters. The largest absolute Gasteiger partial charge is 0.472 e. The fraction of sp³-hybridized carbons (Fsp3) is 0.694. The lowest BCUT2D eigenvalue weighted by Gasteiger charge is -2.21. The maximum Gasteiger partial charge on any atom is 0.472 e. The minimum Gasteiger partial charge on any atom is -0.462 e. The first-order valence-electron chi connectivity index (χ1n) is 40.4. The van der Waals surface area contributed by atoms with Crippen molar-refractivity contribution in [2.75, 3.05) is 39.6 Å². The number of phosphoric acid groups is 2. The molecule has 0 rings (SSSR count). The van der Waals surface area contributed by atoms with Gasteiger partial charge in [-0.1, -0.05) is 271 Å². The summed E-state index contributed by atoms with van der Waals surface area (Å²) in [7, 11) is -9.98. The van der Waals surface area contributed by atoms with Gasteiger partial charge in [-0.3, -0.25) is 37.3 Å². The van der Waals surface area contributed by atoms with E-state index >= 15 is 0 Å². The summed E-state index contributed by atoms with van der Waals surface area (Å²) in [6.45, 7) is 4.55. The van der Waals surface area contributed by atoms with Crippen molar-refractivity contribution < 1.29 is 80.2 Å². The number of phosphoric ester groups is 2. The molecule has 0 aromatic carbocycles. The van der Waals surface area contributed by atoms with Crippen LogP contribution in [-0.4, -0.2) is 96.7 Å². The molecule has 0 saturated heterocycles. The number of rotatable bonds is 75. The summed E-state index contributed by atoms with van der Waals surface area (Å²) in [6, 6.07) is 0. The zero-order valence-corrected chi connectivity index (χ0v) is 66.9. The molecule has 596 valence electrons. The van der Waals surface area contributed by atoms with Crippen molar-refractivity contribution in [3.8, 4) is 0 Å². The highest BCUT2D eigenvalue weighted by molar-refractivity contribution is 7.47. The molecule has 0 spiro atoms. The first-order chi connectivity index (χ1) is 50.7. The highest BCUT2D eigenvalue weighted by atomic mass is 31.2. The molecule has 0 heterocycles. The van der Waals surface area contributed by atoms with Crippen LogP contribution in [0.3, 0.4) is 0 Å². The van der Waals surface area contributed by atoms with Gasteiger partial charge in [0.25, 0.3) is 0 Å². The third-order valence-corrected chi connectivity index (χ3v) is 18.5. The molecule has 0 saturated carbocycles. The topological polar surface area (TPSA) is 237 Å². The van der Waals surface area contributed by atoms with Crippen LogP contribution < -0.4 is 0 Å². The van der Waals surface area contributed by atoms with Crippen molar-refractivity contribution in [1.29, 1.82) is 0 Å². The van der Waals surface area contributed by atoms with Crippen LogP contribution in [-0.2, 0) is 65.4 Å². The number of hydrogen-bond donors (Lipinski definition) is 3. The number of hydrogen-bond acceptors (Lipinski definition) is 15. The van der Waals surface area contributed by atoms with E-state index in [1.807, 2.05) is 0 Å². The molecule has 3 N–H and O–H groups in total. The van der Waals surface area contributed by atoms with Gasteiger partial charge in [-0.2, -0.15) is 0 Å². The summed E-state index contributed by atoms with van der Waals surface area (Å²) < 4.78 is 68.6. The molecular formula is C85H144O17P2. The van der Waals surface area contributed by atoms with E-state index in [9.17, 15) is 43.2 Å². The number of esters is 4. The molecule has 5 unspecified atom stereocenters.